The summed E-state index contributed by atoms with van der Waals surface area (Å²) >= 11 is 11.5. The summed E-state index contributed by atoms with van der Waals surface area (Å²) in [6.45, 7) is 1.80. The van der Waals surface area contributed by atoms with Gasteiger partial charge in [0.25, 0.3) is 4.84 Å². The number of hydroxylamine groups is 2. The van der Waals surface area contributed by atoms with Crippen LogP contribution in [0.4, 0.5) is 11.4 Å². The van der Waals surface area contributed by atoms with E-state index in [1.54, 1.807) is 6.92 Å². The topological polar surface area (TPSA) is 81.7 Å². The molecule has 0 aliphatic heterocycles. The van der Waals surface area contributed by atoms with E-state index in [1.807, 2.05) is 42.5 Å². The van der Waals surface area contributed by atoms with Crippen molar-refractivity contribution in [3.63, 3.8) is 0 Å². The monoisotopic (exact) mass is 402 g/mol. The number of halogens is 1. The molecule has 3 aromatic rings. The van der Waals surface area contributed by atoms with Gasteiger partial charge in [0.15, 0.2) is 13.1 Å². The van der Waals surface area contributed by atoms with Crippen molar-refractivity contribution in [2.75, 3.05) is 12.4 Å². The number of benzene rings is 2. The fourth-order valence-corrected chi connectivity index (χ4v) is 3.01. The molecule has 0 amide bonds. The molecule has 0 spiro atoms. The minimum Gasteiger partial charge on any atom is -0.409 e. The Morgan fingerprint density at radius 2 is 2.04 bits per heavy atom. The van der Waals surface area contributed by atoms with Gasteiger partial charge in [-0.1, -0.05) is 40.9 Å². The summed E-state index contributed by atoms with van der Waals surface area (Å²) in [4.78, 5) is 3.89. The van der Waals surface area contributed by atoms with Crippen LogP contribution in [0, 0.1) is 11.0 Å². The van der Waals surface area contributed by atoms with Gasteiger partial charge in [0.2, 0.25) is 5.89 Å². The molecule has 1 aromatic heterocycles. The highest BCUT2D eigenvalue weighted by Gasteiger charge is 2.23. The molecule has 138 valence electrons. The molecule has 3 N–H and O–H groups in total. The van der Waals surface area contributed by atoms with E-state index in [1.165, 1.54) is 7.05 Å². The number of H-pyrrole nitrogens is 1. The second kappa shape index (κ2) is 8.22. The maximum atomic E-state index is 9.99. The van der Waals surface area contributed by atoms with Gasteiger partial charge in [0.1, 0.15) is 0 Å². The third kappa shape index (κ3) is 4.11. The van der Waals surface area contributed by atoms with Crippen molar-refractivity contribution < 1.29 is 9.62 Å². The first kappa shape index (κ1) is 18.9. The van der Waals surface area contributed by atoms with Crippen molar-refractivity contribution in [3.05, 3.63) is 62.7 Å². The van der Waals surface area contributed by atoms with Gasteiger partial charge in [-0.05, 0) is 37.3 Å². The lowest BCUT2D eigenvalue weighted by molar-refractivity contribution is -0.0629. The summed E-state index contributed by atoms with van der Waals surface area (Å²) in [5.41, 5.74) is 2.87. The number of aromatic nitrogens is 2. The van der Waals surface area contributed by atoms with E-state index in [4.69, 9.17) is 28.2 Å². The first-order valence-electron chi connectivity index (χ1n) is 8.04. The highest BCUT2D eigenvalue weighted by Crippen LogP contribution is 2.36. The third-order valence-electron chi connectivity index (χ3n) is 3.91. The fraction of sp³-hybridized carbons (Fsp3) is 0.167. The van der Waals surface area contributed by atoms with Crippen LogP contribution in [0.15, 0.2) is 46.9 Å². The molecule has 27 heavy (non-hydrogen) atoms. The standard InChI is InChI=1S/C18H16ClN5O2S/c1-11(24(25)10-20-2)12-7-5-9-15(16(12)19)21-14-8-4-3-6-13(14)17-22-23-18(27)26-17/h3-9,11H,1-2H3,(H2-,21,22,23,25,27)/p+1. The predicted molar refractivity (Wildman–Crippen MR) is 107 cm³/mol. The van der Waals surface area contributed by atoms with Crippen molar-refractivity contribution >= 4 is 35.2 Å². The summed E-state index contributed by atoms with van der Waals surface area (Å²) in [7, 11) is 1.53. The number of aromatic amines is 1. The Hall–Kier alpha value is -2.86. The smallest absolute Gasteiger partial charge is 0.404 e. The number of rotatable bonds is 5. The lowest BCUT2D eigenvalue weighted by Gasteiger charge is -2.16. The van der Waals surface area contributed by atoms with Gasteiger partial charge in [0, 0.05) is 5.56 Å². The lowest BCUT2D eigenvalue weighted by Crippen LogP contribution is -2.17. The number of anilines is 2. The van der Waals surface area contributed by atoms with Gasteiger partial charge in [-0.25, -0.2) is 15.2 Å². The molecule has 1 unspecified atom stereocenters. The highest BCUT2D eigenvalue weighted by molar-refractivity contribution is 7.71. The van der Waals surface area contributed by atoms with Crippen LogP contribution in [0.5, 0.6) is 0 Å². The van der Waals surface area contributed by atoms with Gasteiger partial charge in [-0.3, -0.25) is 0 Å². The summed E-state index contributed by atoms with van der Waals surface area (Å²) < 4.78 is 5.42. The number of nitrogens with one attached hydrogen (secondary N) is 2. The first-order chi connectivity index (χ1) is 13.0. The molecule has 2 aromatic carbocycles. The average molecular weight is 403 g/mol. The van der Waals surface area contributed by atoms with Crippen molar-refractivity contribution in [2.24, 2.45) is 0 Å². The molecule has 1 heterocycles. The lowest BCUT2D eigenvalue weighted by atomic mass is 10.1. The first-order valence-corrected chi connectivity index (χ1v) is 8.82. The minimum absolute atomic E-state index is 0.200. The van der Waals surface area contributed by atoms with Crippen molar-refractivity contribution in [2.45, 2.75) is 13.0 Å². The molecule has 0 aliphatic rings. The average Bonchev–Trinajstić information content (AvgIpc) is 3.10. The zero-order valence-electron chi connectivity index (χ0n) is 14.6. The van der Waals surface area contributed by atoms with Crippen molar-refractivity contribution in [3.8, 4) is 17.6 Å². The Kier molecular flexibility index (Phi) is 5.76. The summed E-state index contributed by atoms with van der Waals surface area (Å²) in [6, 6.07) is 12.6. The van der Waals surface area contributed by atoms with E-state index < -0.39 is 6.04 Å². The Bertz CT molecular complexity index is 1070. The van der Waals surface area contributed by atoms with Crippen LogP contribution in [0.25, 0.3) is 16.3 Å². The van der Waals surface area contributed by atoms with E-state index in [9.17, 15) is 5.21 Å². The Morgan fingerprint density at radius 3 is 2.74 bits per heavy atom. The molecule has 0 bridgehead atoms. The molecule has 0 radical (unpaired) electrons. The largest absolute Gasteiger partial charge is 0.409 e. The molecule has 1 atom stereocenters. The minimum atomic E-state index is -0.428. The van der Waals surface area contributed by atoms with Gasteiger partial charge in [-0.15, -0.1) is 5.10 Å². The Balaban J connectivity index is 1.97. The number of hydrogen-bond acceptors (Lipinski definition) is 6. The normalized spacial score (nSPS) is 11.4. The number of para-hydroxylation sites is 1. The molecule has 3 rings (SSSR count). The van der Waals surface area contributed by atoms with Crippen LogP contribution in [0.3, 0.4) is 0 Å². The molecule has 7 nitrogen and oxygen atoms in total. The summed E-state index contributed by atoms with van der Waals surface area (Å²) in [5, 5.41) is 21.3. The quantitative estimate of drug-likeness (QED) is 0.227. The molecular weight excluding hydrogens is 386 g/mol. The molecule has 0 fully saturated rings. The van der Waals surface area contributed by atoms with Gasteiger partial charge >= 0.3 is 6.19 Å². The van der Waals surface area contributed by atoms with Gasteiger partial charge in [-0.2, -0.15) is 0 Å². The van der Waals surface area contributed by atoms with E-state index in [0.717, 1.165) is 21.9 Å². The number of hydrogen-bond donors (Lipinski definition) is 3. The van der Waals surface area contributed by atoms with E-state index in [-0.39, 0.29) is 4.84 Å². The zero-order valence-corrected chi connectivity index (χ0v) is 16.2. The summed E-state index contributed by atoms with van der Waals surface area (Å²) in [5.74, 6) is 0.374. The van der Waals surface area contributed by atoms with Crippen LogP contribution in [-0.4, -0.2) is 27.5 Å². The third-order valence-corrected chi connectivity index (χ3v) is 4.51. The Labute approximate surface area is 166 Å². The van der Waals surface area contributed by atoms with Gasteiger partial charge in [0.05, 0.1) is 22.0 Å². The van der Waals surface area contributed by atoms with Crippen molar-refractivity contribution in [1.29, 1.82) is 0 Å². The second-order valence-electron chi connectivity index (χ2n) is 5.64. The van der Waals surface area contributed by atoms with E-state index in [0.29, 0.717) is 16.6 Å². The van der Waals surface area contributed by atoms with Crippen LogP contribution in [0.2, 0.25) is 5.02 Å². The van der Waals surface area contributed by atoms with Crippen LogP contribution in [-0.2, 0) is 0 Å². The van der Waals surface area contributed by atoms with Gasteiger partial charge < -0.3 is 9.73 Å². The van der Waals surface area contributed by atoms with Crippen molar-refractivity contribution in [1.82, 2.24) is 15.3 Å². The molecular formula is C18H17ClN5O2S+. The zero-order chi connectivity index (χ0) is 19.4. The second-order valence-corrected chi connectivity index (χ2v) is 6.39. The van der Waals surface area contributed by atoms with Crippen LogP contribution < -0.4 is 5.32 Å². The molecule has 0 saturated carbocycles. The van der Waals surface area contributed by atoms with E-state index >= 15 is 0 Å². The highest BCUT2D eigenvalue weighted by atomic mass is 35.5. The number of nitrogens with zero attached hydrogens (tertiary/aromatic N) is 3. The van der Waals surface area contributed by atoms with Crippen LogP contribution in [0.1, 0.15) is 18.5 Å². The summed E-state index contributed by atoms with van der Waals surface area (Å²) in [6.07, 6.45) is 2.47. The SMILES string of the molecule is C[N+]#CN(O)C(C)c1cccc(Nc2ccccc2-c2n[nH]c(=S)o2)c1Cl. The maximum absolute atomic E-state index is 9.99. The molecule has 9 heteroatoms. The predicted octanol–water partition coefficient (Wildman–Crippen LogP) is 5.47. The van der Waals surface area contributed by atoms with E-state index in [2.05, 4.69) is 26.6 Å². The maximum Gasteiger partial charge on any atom is 0.404 e. The Morgan fingerprint density at radius 1 is 1.30 bits per heavy atom. The molecule has 0 saturated heterocycles. The molecule has 0 aliphatic carbocycles. The fourth-order valence-electron chi connectivity index (χ4n) is 2.56. The van der Waals surface area contributed by atoms with Crippen LogP contribution >= 0.6 is 23.8 Å².